The predicted octanol–water partition coefficient (Wildman–Crippen LogP) is 3.28. The van der Waals surface area contributed by atoms with Crippen LogP contribution in [0, 0.1) is 0 Å². The van der Waals surface area contributed by atoms with Crippen molar-refractivity contribution in [3.63, 3.8) is 0 Å². The first-order valence-electron chi connectivity index (χ1n) is 5.92. The fourth-order valence-corrected chi connectivity index (χ4v) is 1.95. The molecule has 0 radical (unpaired) electrons. The maximum atomic E-state index is 11.9. The molecule has 18 heavy (non-hydrogen) atoms. The minimum absolute atomic E-state index is 0.154. The van der Waals surface area contributed by atoms with Gasteiger partial charge < -0.3 is 4.57 Å². The van der Waals surface area contributed by atoms with Crippen molar-refractivity contribution in [1.82, 2.24) is 9.55 Å². The zero-order chi connectivity index (χ0) is 13.0. The highest BCUT2D eigenvalue weighted by molar-refractivity contribution is 6.30. The molecule has 4 heteroatoms. The number of rotatable bonds is 5. The first-order chi connectivity index (χ1) is 8.66. The van der Waals surface area contributed by atoms with Crippen molar-refractivity contribution in [2.24, 2.45) is 7.05 Å². The molecule has 1 aromatic carbocycles. The van der Waals surface area contributed by atoms with Gasteiger partial charge in [0.1, 0.15) is 5.82 Å². The number of hydrogen-bond acceptors (Lipinski definition) is 2. The van der Waals surface area contributed by atoms with E-state index in [0.29, 0.717) is 11.4 Å². The molecule has 0 N–H and O–H groups in total. The lowest BCUT2D eigenvalue weighted by Crippen LogP contribution is -2.02. The Morgan fingerprint density at radius 1 is 1.33 bits per heavy atom. The third-order valence-electron chi connectivity index (χ3n) is 2.89. The lowest BCUT2D eigenvalue weighted by molar-refractivity contribution is 0.0980. The van der Waals surface area contributed by atoms with Crippen LogP contribution in [0.1, 0.15) is 29.0 Å². The molecular formula is C14H15ClN2O. The highest BCUT2D eigenvalue weighted by Crippen LogP contribution is 2.12. The second-order valence-corrected chi connectivity index (χ2v) is 4.67. The van der Waals surface area contributed by atoms with Crippen LogP contribution in [0.5, 0.6) is 0 Å². The smallest absolute Gasteiger partial charge is 0.162 e. The topological polar surface area (TPSA) is 34.9 Å². The zero-order valence-electron chi connectivity index (χ0n) is 10.3. The first-order valence-corrected chi connectivity index (χ1v) is 6.29. The summed E-state index contributed by atoms with van der Waals surface area (Å²) in [5.74, 6) is 1.17. The van der Waals surface area contributed by atoms with Crippen LogP contribution in [0.3, 0.4) is 0 Å². The molecular weight excluding hydrogens is 248 g/mol. The quantitative estimate of drug-likeness (QED) is 0.775. The average Bonchev–Trinajstić information content (AvgIpc) is 2.76. The number of Topliss-reactive ketones (excluding diaryl/α,β-unsaturated/α-hetero) is 1. The summed E-state index contributed by atoms with van der Waals surface area (Å²) < 4.78 is 1.98. The lowest BCUT2D eigenvalue weighted by atomic mass is 10.1. The Morgan fingerprint density at radius 2 is 2.06 bits per heavy atom. The van der Waals surface area contributed by atoms with Gasteiger partial charge in [0, 0.05) is 42.9 Å². The number of carbonyl (C=O) groups is 1. The molecule has 0 fully saturated rings. The van der Waals surface area contributed by atoms with Crippen molar-refractivity contribution in [3.05, 3.63) is 53.1 Å². The first kappa shape index (κ1) is 12.8. The van der Waals surface area contributed by atoms with E-state index in [1.807, 2.05) is 17.8 Å². The molecule has 0 saturated heterocycles. The predicted molar refractivity (Wildman–Crippen MR) is 71.9 cm³/mol. The summed E-state index contributed by atoms with van der Waals surface area (Å²) in [6.07, 6.45) is 5.86. The van der Waals surface area contributed by atoms with Crippen LogP contribution in [0.25, 0.3) is 0 Å². The van der Waals surface area contributed by atoms with Crippen molar-refractivity contribution < 1.29 is 4.79 Å². The van der Waals surface area contributed by atoms with E-state index in [0.717, 1.165) is 24.2 Å². The van der Waals surface area contributed by atoms with Crippen LogP contribution in [0.15, 0.2) is 36.7 Å². The number of imidazole rings is 1. The van der Waals surface area contributed by atoms with Gasteiger partial charge in [-0.3, -0.25) is 4.79 Å². The highest BCUT2D eigenvalue weighted by atomic mass is 35.5. The Hall–Kier alpha value is -1.61. The van der Waals surface area contributed by atoms with Gasteiger partial charge in [-0.25, -0.2) is 4.98 Å². The van der Waals surface area contributed by atoms with Crippen molar-refractivity contribution in [1.29, 1.82) is 0 Å². The number of halogens is 1. The summed E-state index contributed by atoms with van der Waals surface area (Å²) in [6, 6.07) is 7.03. The third-order valence-corrected chi connectivity index (χ3v) is 3.14. The van der Waals surface area contributed by atoms with Crippen LogP contribution in [0.2, 0.25) is 5.02 Å². The van der Waals surface area contributed by atoms with Gasteiger partial charge >= 0.3 is 0 Å². The summed E-state index contributed by atoms with van der Waals surface area (Å²) in [7, 11) is 1.96. The van der Waals surface area contributed by atoms with E-state index in [9.17, 15) is 4.79 Å². The average molecular weight is 263 g/mol. The number of benzene rings is 1. The molecule has 0 spiro atoms. The lowest BCUT2D eigenvalue weighted by Gasteiger charge is -2.02. The van der Waals surface area contributed by atoms with E-state index in [1.165, 1.54) is 0 Å². The molecule has 0 unspecified atom stereocenters. The van der Waals surface area contributed by atoms with E-state index < -0.39 is 0 Å². The summed E-state index contributed by atoms with van der Waals surface area (Å²) in [4.78, 5) is 16.1. The normalized spacial score (nSPS) is 10.6. The molecule has 2 aromatic rings. The fraction of sp³-hybridized carbons (Fsp3) is 0.286. The number of aryl methyl sites for hydroxylation is 2. The van der Waals surface area contributed by atoms with Crippen molar-refractivity contribution in [2.75, 3.05) is 0 Å². The minimum atomic E-state index is 0.154. The molecule has 0 saturated carbocycles. The molecule has 2 rings (SSSR count). The van der Waals surface area contributed by atoms with E-state index >= 15 is 0 Å². The van der Waals surface area contributed by atoms with Crippen molar-refractivity contribution >= 4 is 17.4 Å². The number of aromatic nitrogens is 2. The minimum Gasteiger partial charge on any atom is -0.338 e. The van der Waals surface area contributed by atoms with Crippen LogP contribution in [-0.4, -0.2) is 15.3 Å². The van der Waals surface area contributed by atoms with Crippen molar-refractivity contribution in [2.45, 2.75) is 19.3 Å². The SMILES string of the molecule is Cn1ccnc1CCCC(=O)c1ccc(Cl)cc1. The Morgan fingerprint density at radius 3 is 2.67 bits per heavy atom. The number of carbonyl (C=O) groups excluding carboxylic acids is 1. The maximum absolute atomic E-state index is 11.9. The van der Waals surface area contributed by atoms with Crippen LogP contribution in [0.4, 0.5) is 0 Å². The summed E-state index contributed by atoms with van der Waals surface area (Å²) in [6.45, 7) is 0. The Balaban J connectivity index is 1.85. The summed E-state index contributed by atoms with van der Waals surface area (Å²) in [5.41, 5.74) is 0.722. The van der Waals surface area contributed by atoms with E-state index in [1.54, 1.807) is 30.5 Å². The van der Waals surface area contributed by atoms with Gasteiger partial charge in [-0.05, 0) is 30.7 Å². The Bertz CT molecular complexity index is 531. The Kier molecular flexibility index (Phi) is 4.15. The zero-order valence-corrected chi connectivity index (χ0v) is 11.0. The molecule has 1 heterocycles. The van der Waals surface area contributed by atoms with Gasteiger partial charge in [0.2, 0.25) is 0 Å². The Labute approximate surface area is 111 Å². The molecule has 0 atom stereocenters. The molecule has 0 amide bonds. The monoisotopic (exact) mass is 262 g/mol. The molecule has 3 nitrogen and oxygen atoms in total. The van der Waals surface area contributed by atoms with Crippen LogP contribution in [-0.2, 0) is 13.5 Å². The summed E-state index contributed by atoms with van der Waals surface area (Å²) >= 11 is 5.78. The van der Waals surface area contributed by atoms with E-state index in [4.69, 9.17) is 11.6 Å². The number of hydrogen-bond donors (Lipinski definition) is 0. The van der Waals surface area contributed by atoms with Gasteiger partial charge in [0.05, 0.1) is 0 Å². The molecule has 0 aliphatic carbocycles. The standard InChI is InChI=1S/C14H15ClN2O/c1-17-10-9-16-14(17)4-2-3-13(18)11-5-7-12(15)8-6-11/h5-10H,2-4H2,1H3. The van der Waals surface area contributed by atoms with E-state index in [2.05, 4.69) is 4.98 Å². The molecule has 94 valence electrons. The molecule has 0 aliphatic rings. The summed E-state index contributed by atoms with van der Waals surface area (Å²) in [5, 5.41) is 0.652. The molecule has 0 bridgehead atoms. The van der Waals surface area contributed by atoms with Gasteiger partial charge in [-0.15, -0.1) is 0 Å². The van der Waals surface area contributed by atoms with E-state index in [-0.39, 0.29) is 5.78 Å². The maximum Gasteiger partial charge on any atom is 0.162 e. The van der Waals surface area contributed by atoms with Crippen LogP contribution < -0.4 is 0 Å². The van der Waals surface area contributed by atoms with Gasteiger partial charge in [-0.2, -0.15) is 0 Å². The second kappa shape index (κ2) is 5.83. The number of ketones is 1. The second-order valence-electron chi connectivity index (χ2n) is 4.24. The third kappa shape index (κ3) is 3.20. The number of nitrogens with zero attached hydrogens (tertiary/aromatic N) is 2. The largest absolute Gasteiger partial charge is 0.338 e. The van der Waals surface area contributed by atoms with Crippen molar-refractivity contribution in [3.8, 4) is 0 Å². The van der Waals surface area contributed by atoms with Crippen LogP contribution >= 0.6 is 11.6 Å². The molecule has 1 aromatic heterocycles. The fourth-order valence-electron chi connectivity index (χ4n) is 1.82. The molecule has 0 aliphatic heterocycles. The van der Waals surface area contributed by atoms with Gasteiger partial charge in [-0.1, -0.05) is 11.6 Å². The van der Waals surface area contributed by atoms with Gasteiger partial charge in [0.25, 0.3) is 0 Å². The highest BCUT2D eigenvalue weighted by Gasteiger charge is 2.06. The van der Waals surface area contributed by atoms with Gasteiger partial charge in [0.15, 0.2) is 5.78 Å².